The highest BCUT2D eigenvalue weighted by Crippen LogP contribution is 2.30. The number of carbonyl (C=O) groups excluding carboxylic acids is 2. The van der Waals surface area contributed by atoms with Crippen LogP contribution in [-0.2, 0) is 11.3 Å². The van der Waals surface area contributed by atoms with Gasteiger partial charge >= 0.3 is 0 Å². The lowest BCUT2D eigenvalue weighted by atomic mass is 9.88. The number of para-hydroxylation sites is 1. The van der Waals surface area contributed by atoms with Gasteiger partial charge in [0.15, 0.2) is 0 Å². The molecule has 2 aromatic carbocycles. The Bertz CT molecular complexity index is 1010. The molecule has 1 aliphatic rings. The Morgan fingerprint density at radius 3 is 2.44 bits per heavy atom. The molecule has 0 heterocycles. The minimum Gasteiger partial charge on any atom is -0.496 e. The monoisotopic (exact) mass is 485 g/mol. The lowest BCUT2D eigenvalue weighted by molar-refractivity contribution is -0.137. The van der Waals surface area contributed by atoms with Crippen LogP contribution >= 0.6 is 11.6 Å². The molecule has 0 aliphatic heterocycles. The summed E-state index contributed by atoms with van der Waals surface area (Å²) in [6, 6.07) is 12.8. The quantitative estimate of drug-likeness (QED) is 0.531. The van der Waals surface area contributed by atoms with Crippen molar-refractivity contribution in [2.45, 2.75) is 71.5 Å². The molecule has 0 aromatic heterocycles. The summed E-state index contributed by atoms with van der Waals surface area (Å²) < 4.78 is 5.31. The highest BCUT2D eigenvalue weighted by molar-refractivity contribution is 6.31. The number of nitrogens with two attached hydrogens (primary N) is 1. The number of anilines is 1. The zero-order valence-corrected chi connectivity index (χ0v) is 21.3. The molecule has 184 valence electrons. The van der Waals surface area contributed by atoms with Crippen LogP contribution in [0.5, 0.6) is 5.75 Å². The molecule has 1 aliphatic carbocycles. The van der Waals surface area contributed by atoms with Crippen LogP contribution < -0.4 is 15.8 Å². The number of rotatable bonds is 7. The number of nitrogens with one attached hydrogen (secondary N) is 1. The lowest BCUT2D eigenvalue weighted by Crippen LogP contribution is -2.44. The van der Waals surface area contributed by atoms with Crippen molar-refractivity contribution in [1.29, 1.82) is 0 Å². The second-order valence-corrected chi connectivity index (χ2v) is 10.7. The summed E-state index contributed by atoms with van der Waals surface area (Å²) in [6.07, 6.45) is 4.05. The molecule has 1 fully saturated rings. The Morgan fingerprint density at radius 2 is 1.79 bits per heavy atom. The molecule has 0 atom stereocenters. The van der Waals surface area contributed by atoms with E-state index >= 15 is 0 Å². The van der Waals surface area contributed by atoms with E-state index in [-0.39, 0.29) is 29.3 Å². The minimum absolute atomic E-state index is 0.116. The largest absolute Gasteiger partial charge is 0.496 e. The van der Waals surface area contributed by atoms with Crippen LogP contribution in [-0.4, -0.2) is 35.9 Å². The number of carbonyl (C=O) groups is 2. The van der Waals surface area contributed by atoms with Crippen molar-refractivity contribution in [3.05, 3.63) is 58.6 Å². The third-order valence-electron chi connectivity index (χ3n) is 6.18. The first-order valence-electron chi connectivity index (χ1n) is 11.9. The van der Waals surface area contributed by atoms with Crippen molar-refractivity contribution < 1.29 is 14.3 Å². The number of hydrogen-bond acceptors (Lipinski definition) is 4. The van der Waals surface area contributed by atoms with E-state index in [1.54, 1.807) is 30.3 Å². The number of amides is 2. The fourth-order valence-electron chi connectivity index (χ4n) is 4.38. The summed E-state index contributed by atoms with van der Waals surface area (Å²) in [5.41, 5.74) is 7.86. The third kappa shape index (κ3) is 6.97. The standard InChI is InChI=1S/C27H36ClN3O3/c1-27(2,3)16-25(32)31(21-12-9-19(29)10-13-21)17-18-15-20(11-14-23(18)28)30-26(33)22-7-5-6-8-24(22)34-4/h5-8,11,14-15,19,21H,9-10,12-13,16-17,29H2,1-4H3,(H,30,33). The van der Waals surface area contributed by atoms with Crippen LogP contribution in [0.2, 0.25) is 5.02 Å². The van der Waals surface area contributed by atoms with Crippen molar-refractivity contribution in [3.63, 3.8) is 0 Å². The fourth-order valence-corrected chi connectivity index (χ4v) is 4.55. The molecule has 3 N–H and O–H groups in total. The summed E-state index contributed by atoms with van der Waals surface area (Å²) in [6.45, 7) is 6.61. The molecule has 0 radical (unpaired) electrons. The summed E-state index contributed by atoms with van der Waals surface area (Å²) in [7, 11) is 1.54. The van der Waals surface area contributed by atoms with Crippen LogP contribution in [0.25, 0.3) is 0 Å². The molecule has 0 unspecified atom stereocenters. The Morgan fingerprint density at radius 1 is 1.12 bits per heavy atom. The highest BCUT2D eigenvalue weighted by atomic mass is 35.5. The van der Waals surface area contributed by atoms with Crippen LogP contribution in [0.4, 0.5) is 5.69 Å². The molecular formula is C27H36ClN3O3. The maximum Gasteiger partial charge on any atom is 0.259 e. The average molecular weight is 486 g/mol. The Hall–Kier alpha value is -2.57. The van der Waals surface area contributed by atoms with Gasteiger partial charge in [-0.2, -0.15) is 0 Å². The van der Waals surface area contributed by atoms with Gasteiger partial charge in [-0.25, -0.2) is 0 Å². The molecule has 6 nitrogen and oxygen atoms in total. The number of hydrogen-bond donors (Lipinski definition) is 2. The number of benzene rings is 2. The van der Waals surface area contributed by atoms with E-state index in [9.17, 15) is 9.59 Å². The van der Waals surface area contributed by atoms with Gasteiger partial charge in [0.05, 0.1) is 12.7 Å². The Balaban J connectivity index is 1.82. The summed E-state index contributed by atoms with van der Waals surface area (Å²) in [5.74, 6) is 0.351. The van der Waals surface area contributed by atoms with E-state index in [0.29, 0.717) is 35.0 Å². The zero-order valence-electron chi connectivity index (χ0n) is 20.6. The molecular weight excluding hydrogens is 450 g/mol. The fraction of sp³-hybridized carbons (Fsp3) is 0.481. The van der Waals surface area contributed by atoms with Gasteiger partial charge in [0.1, 0.15) is 5.75 Å². The second-order valence-electron chi connectivity index (χ2n) is 10.3. The van der Waals surface area contributed by atoms with Gasteiger partial charge in [-0.05, 0) is 67.0 Å². The first-order chi connectivity index (χ1) is 16.1. The normalized spacial score (nSPS) is 18.3. The number of halogens is 1. The van der Waals surface area contributed by atoms with E-state index in [1.807, 2.05) is 17.0 Å². The summed E-state index contributed by atoms with van der Waals surface area (Å²) in [4.78, 5) is 28.2. The van der Waals surface area contributed by atoms with E-state index in [1.165, 1.54) is 7.11 Å². The van der Waals surface area contributed by atoms with Crippen LogP contribution in [0.15, 0.2) is 42.5 Å². The molecule has 2 aromatic rings. The van der Waals surface area contributed by atoms with Crippen molar-refractivity contribution in [2.75, 3.05) is 12.4 Å². The Labute approximate surface area is 207 Å². The third-order valence-corrected chi connectivity index (χ3v) is 6.55. The van der Waals surface area contributed by atoms with Gasteiger partial charge in [-0.1, -0.05) is 44.5 Å². The van der Waals surface area contributed by atoms with Crippen molar-refractivity contribution >= 4 is 29.1 Å². The maximum atomic E-state index is 13.3. The predicted octanol–water partition coefficient (Wildman–Crippen LogP) is 5.64. The average Bonchev–Trinajstić information content (AvgIpc) is 2.78. The number of methoxy groups -OCH3 is 1. The second kappa shape index (κ2) is 11.2. The summed E-state index contributed by atoms with van der Waals surface area (Å²) >= 11 is 6.55. The SMILES string of the molecule is COc1ccccc1C(=O)Nc1ccc(Cl)c(CN(C(=O)CC(C)(C)C)C2CCC(N)CC2)c1. The maximum absolute atomic E-state index is 13.3. The predicted molar refractivity (Wildman–Crippen MR) is 137 cm³/mol. The molecule has 0 spiro atoms. The van der Waals surface area contributed by atoms with E-state index < -0.39 is 0 Å². The lowest BCUT2D eigenvalue weighted by Gasteiger charge is -2.37. The minimum atomic E-state index is -0.271. The van der Waals surface area contributed by atoms with Crippen molar-refractivity contribution in [2.24, 2.45) is 11.1 Å². The van der Waals surface area contributed by atoms with Gasteiger partial charge in [0.2, 0.25) is 5.91 Å². The molecule has 0 bridgehead atoms. The van der Waals surface area contributed by atoms with Crippen molar-refractivity contribution in [1.82, 2.24) is 4.90 Å². The molecule has 0 saturated heterocycles. The van der Waals surface area contributed by atoms with Crippen LogP contribution in [0.1, 0.15) is 68.8 Å². The molecule has 1 saturated carbocycles. The topological polar surface area (TPSA) is 84.7 Å². The van der Waals surface area contributed by atoms with Crippen LogP contribution in [0.3, 0.4) is 0 Å². The molecule has 3 rings (SSSR count). The number of nitrogens with zero attached hydrogens (tertiary/aromatic N) is 1. The van der Waals surface area contributed by atoms with E-state index in [2.05, 4.69) is 26.1 Å². The smallest absolute Gasteiger partial charge is 0.259 e. The summed E-state index contributed by atoms with van der Waals surface area (Å²) in [5, 5.41) is 3.50. The highest BCUT2D eigenvalue weighted by Gasteiger charge is 2.30. The van der Waals surface area contributed by atoms with Gasteiger partial charge in [-0.3, -0.25) is 9.59 Å². The molecule has 34 heavy (non-hydrogen) atoms. The van der Waals surface area contributed by atoms with Gasteiger partial charge in [0.25, 0.3) is 5.91 Å². The van der Waals surface area contributed by atoms with Gasteiger partial charge in [0, 0.05) is 35.8 Å². The number of ether oxygens (including phenoxy) is 1. The van der Waals surface area contributed by atoms with E-state index in [4.69, 9.17) is 22.1 Å². The van der Waals surface area contributed by atoms with Gasteiger partial charge < -0.3 is 20.7 Å². The Kier molecular flexibility index (Phi) is 8.61. The molecule has 2 amide bonds. The van der Waals surface area contributed by atoms with E-state index in [0.717, 1.165) is 31.2 Å². The van der Waals surface area contributed by atoms with Crippen molar-refractivity contribution in [3.8, 4) is 5.75 Å². The zero-order chi connectivity index (χ0) is 24.9. The van der Waals surface area contributed by atoms with Crippen LogP contribution in [0, 0.1) is 5.41 Å². The van der Waals surface area contributed by atoms with Gasteiger partial charge in [-0.15, -0.1) is 0 Å². The molecule has 7 heteroatoms. The first kappa shape index (κ1) is 26.0. The first-order valence-corrected chi connectivity index (χ1v) is 12.2.